The number of ketones is 1. The van der Waals surface area contributed by atoms with E-state index in [1.165, 1.54) is 21.6 Å². The average Bonchev–Trinajstić information content (AvgIpc) is 3.48. The molecule has 2 heterocycles. The van der Waals surface area contributed by atoms with E-state index in [9.17, 15) is 14.4 Å². The number of aryl methyl sites for hydroxylation is 2. The SMILES string of the molecule is CCn1c(CCCc2ccc(-c3cccc(CC(=O)O)c3)cc2)nn(Cc2ccc(C(=O)CC(C)(C)C)s2)c1=O. The van der Waals surface area contributed by atoms with E-state index in [0.29, 0.717) is 25.9 Å². The number of Topliss-reactive ketones (excluding diaryl/α,β-unsaturated/α-hetero) is 1. The molecule has 0 saturated carbocycles. The van der Waals surface area contributed by atoms with Gasteiger partial charge in [0.2, 0.25) is 0 Å². The van der Waals surface area contributed by atoms with Crippen LogP contribution in [0.1, 0.15) is 72.0 Å². The Hall–Kier alpha value is -3.78. The molecule has 4 rings (SSSR count). The van der Waals surface area contributed by atoms with Gasteiger partial charge in [-0.05, 0) is 59.6 Å². The van der Waals surface area contributed by atoms with Crippen LogP contribution in [-0.4, -0.2) is 31.2 Å². The molecule has 0 saturated heterocycles. The van der Waals surface area contributed by atoms with E-state index in [1.54, 1.807) is 4.57 Å². The molecule has 1 N–H and O–H groups in total. The fourth-order valence-electron chi connectivity index (χ4n) is 4.77. The summed E-state index contributed by atoms with van der Waals surface area (Å²) in [7, 11) is 0. The van der Waals surface area contributed by atoms with Crippen LogP contribution in [0.2, 0.25) is 0 Å². The van der Waals surface area contributed by atoms with E-state index in [4.69, 9.17) is 5.11 Å². The highest BCUT2D eigenvalue weighted by molar-refractivity contribution is 7.14. The molecule has 0 aliphatic heterocycles. The predicted octanol–water partition coefficient (Wildman–Crippen LogP) is 6.26. The molecule has 210 valence electrons. The second-order valence-electron chi connectivity index (χ2n) is 11.3. The summed E-state index contributed by atoms with van der Waals surface area (Å²) >= 11 is 1.44. The number of nitrogens with zero attached hydrogens (tertiary/aromatic N) is 3. The first kappa shape index (κ1) is 29.2. The molecule has 0 aliphatic carbocycles. The monoisotopic (exact) mass is 559 g/mol. The van der Waals surface area contributed by atoms with Gasteiger partial charge in [0, 0.05) is 24.3 Å². The third-order valence-electron chi connectivity index (χ3n) is 6.68. The van der Waals surface area contributed by atoms with Crippen molar-refractivity contribution >= 4 is 23.1 Å². The van der Waals surface area contributed by atoms with Crippen LogP contribution in [0.25, 0.3) is 11.1 Å². The number of carbonyl (C=O) groups excluding carboxylic acids is 1. The molecule has 8 heteroatoms. The minimum Gasteiger partial charge on any atom is -0.481 e. The summed E-state index contributed by atoms with van der Waals surface area (Å²) in [6.45, 7) is 9.04. The molecular formula is C32H37N3O4S. The Morgan fingerprint density at radius 2 is 1.70 bits per heavy atom. The van der Waals surface area contributed by atoms with Crippen LogP contribution in [0.3, 0.4) is 0 Å². The third-order valence-corrected chi connectivity index (χ3v) is 7.80. The van der Waals surface area contributed by atoms with Crippen molar-refractivity contribution < 1.29 is 14.7 Å². The van der Waals surface area contributed by atoms with Crippen molar-refractivity contribution in [2.75, 3.05) is 0 Å². The molecule has 0 radical (unpaired) electrons. The van der Waals surface area contributed by atoms with Gasteiger partial charge in [-0.3, -0.25) is 14.2 Å². The molecule has 7 nitrogen and oxygen atoms in total. The lowest BCUT2D eigenvalue weighted by Crippen LogP contribution is -2.25. The number of carbonyl (C=O) groups is 2. The highest BCUT2D eigenvalue weighted by Crippen LogP contribution is 2.26. The van der Waals surface area contributed by atoms with E-state index in [1.807, 2.05) is 43.3 Å². The first-order chi connectivity index (χ1) is 19.0. The van der Waals surface area contributed by atoms with E-state index >= 15 is 0 Å². The van der Waals surface area contributed by atoms with Crippen molar-refractivity contribution in [3.05, 3.63) is 97.9 Å². The molecule has 4 aromatic rings. The fraction of sp³-hybridized carbons (Fsp3) is 0.375. The normalized spacial score (nSPS) is 11.6. The standard InChI is InChI=1S/C32H37N3O4S/c1-5-34-29(33-35(31(34)39)21-26-16-17-28(40-26)27(36)20-32(2,3)4)11-7-8-22-12-14-24(15-13-22)25-10-6-9-23(18-25)19-30(37)38/h6,9-10,12-18H,5,7-8,11,19-21H2,1-4H3,(H,37,38). The first-order valence-electron chi connectivity index (χ1n) is 13.7. The molecule has 0 atom stereocenters. The van der Waals surface area contributed by atoms with Crippen LogP contribution in [0.5, 0.6) is 0 Å². The number of thiophene rings is 1. The highest BCUT2D eigenvalue weighted by atomic mass is 32.1. The summed E-state index contributed by atoms with van der Waals surface area (Å²) in [5.41, 5.74) is 3.84. The summed E-state index contributed by atoms with van der Waals surface area (Å²) in [4.78, 5) is 38.3. The van der Waals surface area contributed by atoms with Gasteiger partial charge < -0.3 is 5.11 Å². The lowest BCUT2D eigenvalue weighted by molar-refractivity contribution is -0.136. The van der Waals surface area contributed by atoms with Crippen molar-refractivity contribution in [3.8, 4) is 11.1 Å². The molecule has 0 fully saturated rings. The summed E-state index contributed by atoms with van der Waals surface area (Å²) in [6.07, 6.45) is 2.90. The van der Waals surface area contributed by atoms with Gasteiger partial charge in [0.15, 0.2) is 5.78 Å². The zero-order valence-corrected chi connectivity index (χ0v) is 24.5. The number of aliphatic carboxylic acids is 1. The number of carboxylic acid groups (broad SMARTS) is 1. The van der Waals surface area contributed by atoms with Gasteiger partial charge in [-0.25, -0.2) is 9.48 Å². The van der Waals surface area contributed by atoms with Gasteiger partial charge in [-0.1, -0.05) is 69.3 Å². The first-order valence-corrected chi connectivity index (χ1v) is 14.5. The van der Waals surface area contributed by atoms with Crippen molar-refractivity contribution in [2.24, 2.45) is 5.41 Å². The largest absolute Gasteiger partial charge is 0.481 e. The summed E-state index contributed by atoms with van der Waals surface area (Å²) in [6, 6.07) is 19.7. The van der Waals surface area contributed by atoms with E-state index < -0.39 is 5.97 Å². The third kappa shape index (κ3) is 7.66. The second-order valence-corrected chi connectivity index (χ2v) is 12.5. The van der Waals surface area contributed by atoms with Gasteiger partial charge in [0.25, 0.3) is 0 Å². The smallest absolute Gasteiger partial charge is 0.346 e. The van der Waals surface area contributed by atoms with Gasteiger partial charge in [-0.2, -0.15) is 5.10 Å². The maximum atomic E-state index is 13.0. The minimum absolute atomic E-state index is 0.00993. The molecule has 0 bridgehead atoms. The van der Waals surface area contributed by atoms with Gasteiger partial charge in [0.05, 0.1) is 17.8 Å². The average molecular weight is 560 g/mol. The fourth-order valence-corrected chi connectivity index (χ4v) is 5.70. The maximum absolute atomic E-state index is 13.0. The van der Waals surface area contributed by atoms with Crippen LogP contribution in [-0.2, 0) is 37.1 Å². The maximum Gasteiger partial charge on any atom is 0.346 e. The lowest BCUT2D eigenvalue weighted by atomic mass is 9.90. The van der Waals surface area contributed by atoms with Crippen LogP contribution in [0.15, 0.2) is 65.5 Å². The molecular weight excluding hydrogens is 522 g/mol. The van der Waals surface area contributed by atoms with Crippen molar-refractivity contribution in [3.63, 3.8) is 0 Å². The number of aromatic nitrogens is 3. The van der Waals surface area contributed by atoms with Gasteiger partial charge in [0.1, 0.15) is 5.82 Å². The molecule has 0 aliphatic rings. The van der Waals surface area contributed by atoms with Crippen LogP contribution < -0.4 is 5.69 Å². The number of carboxylic acids is 1. The molecule has 0 amide bonds. The quantitative estimate of drug-likeness (QED) is 0.207. The van der Waals surface area contributed by atoms with Crippen LogP contribution in [0, 0.1) is 5.41 Å². The summed E-state index contributed by atoms with van der Waals surface area (Å²) in [5.74, 6) is 0.0742. The van der Waals surface area contributed by atoms with Crippen LogP contribution >= 0.6 is 11.3 Å². The Morgan fingerprint density at radius 3 is 2.38 bits per heavy atom. The molecule has 2 aromatic heterocycles. The topological polar surface area (TPSA) is 94.2 Å². The number of hydrogen-bond donors (Lipinski definition) is 1. The molecule has 40 heavy (non-hydrogen) atoms. The Kier molecular flexibility index (Phi) is 9.20. The Morgan fingerprint density at radius 1 is 0.950 bits per heavy atom. The zero-order valence-electron chi connectivity index (χ0n) is 23.6. The predicted molar refractivity (Wildman–Crippen MR) is 159 cm³/mol. The molecule has 0 spiro atoms. The summed E-state index contributed by atoms with van der Waals surface area (Å²) in [5, 5.41) is 13.7. The Labute approximate surface area is 239 Å². The number of hydrogen-bond acceptors (Lipinski definition) is 5. The zero-order chi connectivity index (χ0) is 28.9. The van der Waals surface area contributed by atoms with Crippen molar-refractivity contribution in [1.82, 2.24) is 14.3 Å². The number of benzene rings is 2. The Bertz CT molecular complexity index is 1540. The van der Waals surface area contributed by atoms with Gasteiger partial charge in [-0.15, -0.1) is 11.3 Å². The van der Waals surface area contributed by atoms with Crippen LogP contribution in [0.4, 0.5) is 0 Å². The van der Waals surface area contributed by atoms with Gasteiger partial charge >= 0.3 is 11.7 Å². The molecule has 0 unspecified atom stereocenters. The second kappa shape index (κ2) is 12.6. The van der Waals surface area contributed by atoms with Crippen molar-refractivity contribution in [2.45, 2.75) is 72.9 Å². The van der Waals surface area contributed by atoms with E-state index in [-0.39, 0.29) is 23.3 Å². The lowest BCUT2D eigenvalue weighted by Gasteiger charge is -2.15. The highest BCUT2D eigenvalue weighted by Gasteiger charge is 2.19. The van der Waals surface area contributed by atoms with E-state index in [2.05, 4.69) is 50.1 Å². The molecule has 2 aromatic carbocycles. The minimum atomic E-state index is -0.838. The van der Waals surface area contributed by atoms with Crippen molar-refractivity contribution in [1.29, 1.82) is 0 Å². The number of rotatable bonds is 12. The summed E-state index contributed by atoms with van der Waals surface area (Å²) < 4.78 is 3.24. The Balaban J connectivity index is 1.37. The van der Waals surface area contributed by atoms with E-state index in [0.717, 1.165) is 45.1 Å².